The Balaban J connectivity index is 1.16. The Morgan fingerprint density at radius 1 is 1.09 bits per heavy atom. The van der Waals surface area contributed by atoms with Gasteiger partial charge in [0.1, 0.15) is 5.82 Å². The van der Waals surface area contributed by atoms with Crippen molar-refractivity contribution in [1.29, 1.82) is 0 Å². The highest BCUT2D eigenvalue weighted by atomic mass is 32.2. The summed E-state index contributed by atoms with van der Waals surface area (Å²) < 4.78 is 11.6. The van der Waals surface area contributed by atoms with Crippen LogP contribution in [0, 0.1) is 5.92 Å². The number of hydrogen-bond donors (Lipinski definition) is 1. The Labute approximate surface area is 193 Å². The van der Waals surface area contributed by atoms with E-state index in [0.717, 1.165) is 61.0 Å². The molecule has 3 aliphatic rings. The molecule has 1 atom stereocenters. The minimum absolute atomic E-state index is 0.0920. The number of ether oxygens (including phenoxy) is 2. The molecule has 1 aromatic heterocycles. The molecule has 8 heteroatoms. The van der Waals surface area contributed by atoms with Gasteiger partial charge < -0.3 is 14.4 Å². The molecule has 0 radical (unpaired) electrons. The van der Waals surface area contributed by atoms with E-state index in [1.165, 1.54) is 43.9 Å². The minimum atomic E-state index is 0.0920. The number of aromatic amines is 1. The van der Waals surface area contributed by atoms with Crippen LogP contribution in [0.2, 0.25) is 0 Å². The standard InChI is InChI=1S/C24H32N4O3S/c29-23(16-32-24-25-22(26-27-24)11-8-17-5-1-2-6-17)28-12-3-7-19(28)18-9-10-20-21(15-18)31-14-4-13-30-20/h9-10,15,17,19H,1-8,11-14,16H2,(H,25,26,27). The average molecular weight is 457 g/mol. The van der Waals surface area contributed by atoms with Crippen molar-refractivity contribution in [3.05, 3.63) is 29.6 Å². The monoisotopic (exact) mass is 456 g/mol. The van der Waals surface area contributed by atoms with E-state index < -0.39 is 0 Å². The first-order valence-electron chi connectivity index (χ1n) is 12.0. The normalized spacial score (nSPS) is 21.1. The van der Waals surface area contributed by atoms with Gasteiger partial charge in [-0.1, -0.05) is 43.5 Å². The largest absolute Gasteiger partial charge is 0.490 e. The second-order valence-electron chi connectivity index (χ2n) is 9.04. The van der Waals surface area contributed by atoms with Crippen molar-refractivity contribution in [3.63, 3.8) is 0 Å². The molecule has 2 aromatic rings. The Bertz CT molecular complexity index is 928. The van der Waals surface area contributed by atoms with E-state index >= 15 is 0 Å². The fourth-order valence-corrected chi connectivity index (χ4v) is 5.81. The summed E-state index contributed by atoms with van der Waals surface area (Å²) in [5, 5.41) is 8.05. The maximum absolute atomic E-state index is 13.0. The van der Waals surface area contributed by atoms with Crippen LogP contribution in [-0.2, 0) is 11.2 Å². The van der Waals surface area contributed by atoms with Crippen molar-refractivity contribution >= 4 is 17.7 Å². The second-order valence-corrected chi connectivity index (χ2v) is 9.99. The number of hydrogen-bond acceptors (Lipinski definition) is 6. The number of likely N-dealkylation sites (tertiary alicyclic amines) is 1. The molecule has 7 nitrogen and oxygen atoms in total. The van der Waals surface area contributed by atoms with Gasteiger partial charge in [0.15, 0.2) is 11.5 Å². The first-order chi connectivity index (χ1) is 15.8. The van der Waals surface area contributed by atoms with Crippen molar-refractivity contribution in [3.8, 4) is 11.5 Å². The van der Waals surface area contributed by atoms with Crippen LogP contribution in [0.3, 0.4) is 0 Å². The van der Waals surface area contributed by atoms with Gasteiger partial charge in [-0.2, -0.15) is 0 Å². The molecule has 1 aliphatic carbocycles. The zero-order chi connectivity index (χ0) is 21.8. The lowest BCUT2D eigenvalue weighted by Gasteiger charge is -2.25. The van der Waals surface area contributed by atoms with E-state index in [9.17, 15) is 4.79 Å². The Morgan fingerprint density at radius 2 is 1.94 bits per heavy atom. The molecule has 32 heavy (non-hydrogen) atoms. The van der Waals surface area contributed by atoms with Crippen LogP contribution in [0.1, 0.15) is 68.8 Å². The van der Waals surface area contributed by atoms with Crippen LogP contribution in [-0.4, -0.2) is 51.5 Å². The molecule has 0 bridgehead atoms. The predicted molar refractivity (Wildman–Crippen MR) is 123 cm³/mol. The molecule has 1 aromatic carbocycles. The van der Waals surface area contributed by atoms with Crippen molar-refractivity contribution in [2.75, 3.05) is 25.5 Å². The van der Waals surface area contributed by atoms with Gasteiger partial charge >= 0.3 is 0 Å². The van der Waals surface area contributed by atoms with Gasteiger partial charge in [-0.05, 0) is 42.9 Å². The lowest BCUT2D eigenvalue weighted by atomic mass is 10.0. The Morgan fingerprint density at radius 3 is 2.81 bits per heavy atom. The summed E-state index contributed by atoms with van der Waals surface area (Å²) >= 11 is 1.43. The maximum Gasteiger partial charge on any atom is 0.233 e. The number of H-pyrrole nitrogens is 1. The predicted octanol–water partition coefficient (Wildman–Crippen LogP) is 4.54. The quantitative estimate of drug-likeness (QED) is 0.616. The number of rotatable bonds is 7. The van der Waals surface area contributed by atoms with Gasteiger partial charge in [-0.3, -0.25) is 9.89 Å². The van der Waals surface area contributed by atoms with Crippen molar-refractivity contribution in [1.82, 2.24) is 20.1 Å². The Kier molecular flexibility index (Phi) is 6.86. The summed E-state index contributed by atoms with van der Waals surface area (Å²) in [7, 11) is 0. The highest BCUT2D eigenvalue weighted by molar-refractivity contribution is 7.99. The lowest BCUT2D eigenvalue weighted by molar-refractivity contribution is -0.129. The first kappa shape index (κ1) is 21.6. The molecule has 1 amide bonds. The average Bonchev–Trinajstić information content (AvgIpc) is 3.56. The highest BCUT2D eigenvalue weighted by Crippen LogP contribution is 2.38. The van der Waals surface area contributed by atoms with Crippen LogP contribution < -0.4 is 9.47 Å². The number of nitrogens with zero attached hydrogens (tertiary/aromatic N) is 3. The topological polar surface area (TPSA) is 80.3 Å². The van der Waals surface area contributed by atoms with Gasteiger partial charge in [-0.25, -0.2) is 4.98 Å². The van der Waals surface area contributed by atoms with Gasteiger partial charge in [-0.15, -0.1) is 5.10 Å². The summed E-state index contributed by atoms with van der Waals surface area (Å²) in [5.74, 6) is 3.88. The number of carbonyl (C=O) groups excluding carboxylic acids is 1. The fourth-order valence-electron chi connectivity index (χ4n) is 5.10. The third kappa shape index (κ3) is 5.05. The number of aromatic nitrogens is 3. The molecule has 1 N–H and O–H groups in total. The van der Waals surface area contributed by atoms with Crippen LogP contribution in [0.15, 0.2) is 23.4 Å². The van der Waals surface area contributed by atoms with E-state index in [1.54, 1.807) is 0 Å². The number of nitrogens with one attached hydrogen (secondary N) is 1. The molecule has 172 valence electrons. The van der Waals surface area contributed by atoms with Crippen LogP contribution >= 0.6 is 11.8 Å². The molecular weight excluding hydrogens is 424 g/mol. The molecule has 1 saturated heterocycles. The number of carbonyl (C=O) groups is 1. The number of thioether (sulfide) groups is 1. The smallest absolute Gasteiger partial charge is 0.233 e. The fraction of sp³-hybridized carbons (Fsp3) is 0.625. The number of fused-ring (bicyclic) bond motifs is 1. The number of benzene rings is 1. The first-order valence-corrected chi connectivity index (χ1v) is 13.0. The summed E-state index contributed by atoms with van der Waals surface area (Å²) in [4.78, 5) is 19.6. The molecule has 0 spiro atoms. The molecule has 5 rings (SSSR count). The van der Waals surface area contributed by atoms with E-state index in [-0.39, 0.29) is 11.9 Å². The van der Waals surface area contributed by atoms with Gasteiger partial charge in [0, 0.05) is 19.4 Å². The van der Waals surface area contributed by atoms with Crippen LogP contribution in [0.4, 0.5) is 0 Å². The zero-order valence-corrected chi connectivity index (χ0v) is 19.4. The SMILES string of the molecule is O=C(CSc1n[nH]c(CCC2CCCC2)n1)N1CCCC1c1ccc2c(c1)OCCCO2. The molecule has 2 aliphatic heterocycles. The van der Waals surface area contributed by atoms with Gasteiger partial charge in [0.25, 0.3) is 0 Å². The summed E-state index contributed by atoms with van der Waals surface area (Å²) in [6, 6.07) is 6.19. The molecule has 3 heterocycles. The van der Waals surface area contributed by atoms with Crippen LogP contribution in [0.5, 0.6) is 11.5 Å². The van der Waals surface area contributed by atoms with Crippen molar-refractivity contribution < 1.29 is 14.3 Å². The highest BCUT2D eigenvalue weighted by Gasteiger charge is 2.31. The molecule has 2 fully saturated rings. The summed E-state index contributed by atoms with van der Waals surface area (Å²) in [6.45, 7) is 2.14. The minimum Gasteiger partial charge on any atom is -0.490 e. The molecule has 1 unspecified atom stereocenters. The van der Waals surface area contributed by atoms with E-state index in [4.69, 9.17) is 9.47 Å². The van der Waals surface area contributed by atoms with Gasteiger partial charge in [0.2, 0.25) is 11.1 Å². The number of aryl methyl sites for hydroxylation is 1. The molecular formula is C24H32N4O3S. The third-order valence-electron chi connectivity index (χ3n) is 6.83. The Hall–Kier alpha value is -2.22. The zero-order valence-electron chi connectivity index (χ0n) is 18.6. The third-order valence-corrected chi connectivity index (χ3v) is 7.66. The van der Waals surface area contributed by atoms with E-state index in [0.29, 0.717) is 24.1 Å². The summed E-state index contributed by atoms with van der Waals surface area (Å²) in [6.07, 6.45) is 10.5. The van der Waals surface area contributed by atoms with Crippen molar-refractivity contribution in [2.45, 2.75) is 69.0 Å². The van der Waals surface area contributed by atoms with E-state index in [2.05, 4.69) is 27.3 Å². The molecule has 1 saturated carbocycles. The van der Waals surface area contributed by atoms with E-state index in [1.807, 2.05) is 11.0 Å². The van der Waals surface area contributed by atoms with Gasteiger partial charge in [0.05, 0.1) is 25.0 Å². The lowest BCUT2D eigenvalue weighted by Crippen LogP contribution is -2.32. The summed E-state index contributed by atoms with van der Waals surface area (Å²) in [5.41, 5.74) is 1.12. The maximum atomic E-state index is 13.0. The second kappa shape index (κ2) is 10.1. The number of amides is 1. The van der Waals surface area contributed by atoms with Crippen molar-refractivity contribution in [2.24, 2.45) is 5.92 Å². The van der Waals surface area contributed by atoms with Crippen LogP contribution in [0.25, 0.3) is 0 Å².